The first-order valence-electron chi connectivity index (χ1n) is 9.22. The van der Waals surface area contributed by atoms with Gasteiger partial charge in [0.2, 0.25) is 5.91 Å². The molecule has 27 heavy (non-hydrogen) atoms. The lowest BCUT2D eigenvalue weighted by molar-refractivity contribution is -0.114. The summed E-state index contributed by atoms with van der Waals surface area (Å²) in [6.07, 6.45) is 5.46. The number of hydrogen-bond acceptors (Lipinski definition) is 4. The van der Waals surface area contributed by atoms with Crippen molar-refractivity contribution < 1.29 is 9.59 Å². The zero-order valence-corrected chi connectivity index (χ0v) is 15.5. The van der Waals surface area contributed by atoms with Crippen molar-refractivity contribution in [3.05, 3.63) is 48.2 Å². The minimum atomic E-state index is -0.300. The summed E-state index contributed by atoms with van der Waals surface area (Å²) in [6, 6.07) is 10.7. The molecule has 1 aromatic heterocycles. The van der Waals surface area contributed by atoms with Crippen LogP contribution in [0.4, 0.5) is 22.0 Å². The Kier molecular flexibility index (Phi) is 6.25. The molecule has 1 aromatic carbocycles. The molecule has 0 atom stereocenters. The molecule has 0 bridgehead atoms. The van der Waals surface area contributed by atoms with Crippen molar-refractivity contribution in [3.8, 4) is 0 Å². The van der Waals surface area contributed by atoms with Gasteiger partial charge < -0.3 is 20.9 Å². The summed E-state index contributed by atoms with van der Waals surface area (Å²) in [4.78, 5) is 30.0. The Balaban J connectivity index is 1.54. The molecule has 3 N–H and O–H groups in total. The van der Waals surface area contributed by atoms with E-state index < -0.39 is 0 Å². The molecular formula is C20H25N5O2. The van der Waals surface area contributed by atoms with Gasteiger partial charge in [0.15, 0.2) is 0 Å². The van der Waals surface area contributed by atoms with Crippen LogP contribution in [0.15, 0.2) is 42.6 Å². The number of piperidine rings is 1. The van der Waals surface area contributed by atoms with E-state index in [1.54, 1.807) is 30.5 Å². The topological polar surface area (TPSA) is 86.4 Å². The summed E-state index contributed by atoms with van der Waals surface area (Å²) < 4.78 is 0. The largest absolute Gasteiger partial charge is 0.357 e. The third-order valence-corrected chi connectivity index (χ3v) is 4.38. The lowest BCUT2D eigenvalue weighted by Crippen LogP contribution is -2.31. The zero-order chi connectivity index (χ0) is 19.1. The summed E-state index contributed by atoms with van der Waals surface area (Å²) in [6.45, 7) is 3.93. The lowest BCUT2D eigenvalue weighted by atomic mass is 10.1. The maximum atomic E-state index is 12.2. The highest BCUT2D eigenvalue weighted by Crippen LogP contribution is 2.18. The predicted molar refractivity (Wildman–Crippen MR) is 107 cm³/mol. The fourth-order valence-electron chi connectivity index (χ4n) is 3.10. The van der Waals surface area contributed by atoms with Gasteiger partial charge in [-0.25, -0.2) is 9.78 Å². The second-order valence-corrected chi connectivity index (χ2v) is 6.64. The number of amides is 3. The number of benzene rings is 1. The van der Waals surface area contributed by atoms with Crippen LogP contribution in [0.25, 0.3) is 0 Å². The highest BCUT2D eigenvalue weighted by atomic mass is 16.2. The van der Waals surface area contributed by atoms with E-state index in [4.69, 9.17) is 0 Å². The number of pyridine rings is 1. The van der Waals surface area contributed by atoms with Crippen LogP contribution in [0.1, 0.15) is 31.7 Å². The Morgan fingerprint density at radius 3 is 2.52 bits per heavy atom. The summed E-state index contributed by atoms with van der Waals surface area (Å²) in [7, 11) is 0. The van der Waals surface area contributed by atoms with Gasteiger partial charge in [-0.05, 0) is 55.2 Å². The summed E-state index contributed by atoms with van der Waals surface area (Å²) >= 11 is 0. The van der Waals surface area contributed by atoms with Gasteiger partial charge in [-0.1, -0.05) is 6.07 Å². The summed E-state index contributed by atoms with van der Waals surface area (Å²) in [5.41, 5.74) is 2.26. The number of aromatic nitrogens is 1. The van der Waals surface area contributed by atoms with Crippen molar-refractivity contribution in [3.63, 3.8) is 0 Å². The van der Waals surface area contributed by atoms with Crippen LogP contribution in [-0.4, -0.2) is 30.0 Å². The maximum Gasteiger partial charge on any atom is 0.319 e. The molecule has 3 rings (SSSR count). The first kappa shape index (κ1) is 18.7. The average molecular weight is 367 g/mol. The molecule has 7 heteroatoms. The molecule has 3 amide bonds. The molecule has 1 fully saturated rings. The summed E-state index contributed by atoms with van der Waals surface area (Å²) in [5, 5.41) is 8.32. The van der Waals surface area contributed by atoms with Gasteiger partial charge in [0.1, 0.15) is 5.82 Å². The monoisotopic (exact) mass is 367 g/mol. The van der Waals surface area contributed by atoms with Crippen molar-refractivity contribution >= 4 is 29.1 Å². The Hall–Kier alpha value is -3.09. The molecule has 1 aliphatic heterocycles. The number of rotatable bonds is 5. The number of carbonyl (C=O) groups is 2. The lowest BCUT2D eigenvalue weighted by Gasteiger charge is -2.27. The molecule has 2 heterocycles. The SMILES string of the molecule is CC(=O)Nc1cccc(NC(=O)NCc2ccnc(N3CCCCC3)c2)c1. The molecular weight excluding hydrogens is 342 g/mol. The fraction of sp³-hybridized carbons (Fsp3) is 0.350. The molecule has 2 aromatic rings. The molecule has 142 valence electrons. The Morgan fingerprint density at radius 2 is 1.78 bits per heavy atom. The summed E-state index contributed by atoms with van der Waals surface area (Å²) in [5.74, 6) is 0.816. The van der Waals surface area contributed by atoms with E-state index in [2.05, 4.69) is 25.8 Å². The van der Waals surface area contributed by atoms with Gasteiger partial charge in [-0.2, -0.15) is 0 Å². The smallest absolute Gasteiger partial charge is 0.319 e. The minimum absolute atomic E-state index is 0.154. The molecule has 0 radical (unpaired) electrons. The normalized spacial score (nSPS) is 13.7. The number of anilines is 3. The number of carbonyl (C=O) groups excluding carboxylic acids is 2. The molecule has 0 spiro atoms. The van der Waals surface area contributed by atoms with Gasteiger partial charge in [-0.3, -0.25) is 4.79 Å². The van der Waals surface area contributed by atoms with Gasteiger partial charge in [-0.15, -0.1) is 0 Å². The standard InChI is InChI=1S/C20H25N5O2/c1-15(26)23-17-6-5-7-18(13-17)24-20(27)22-14-16-8-9-21-19(12-16)25-10-3-2-4-11-25/h5-9,12-13H,2-4,10-11,14H2,1H3,(H,23,26)(H2,22,24,27). The van der Waals surface area contributed by atoms with Gasteiger partial charge in [0.05, 0.1) is 0 Å². The molecule has 1 saturated heterocycles. The highest BCUT2D eigenvalue weighted by molar-refractivity contribution is 5.92. The molecule has 0 aliphatic carbocycles. The Labute approximate surface area is 159 Å². The minimum Gasteiger partial charge on any atom is -0.357 e. The predicted octanol–water partition coefficient (Wildman–Crippen LogP) is 3.35. The molecule has 0 unspecified atom stereocenters. The van der Waals surface area contributed by atoms with E-state index in [9.17, 15) is 9.59 Å². The van der Waals surface area contributed by atoms with E-state index in [1.807, 2.05) is 12.1 Å². The number of nitrogens with zero attached hydrogens (tertiary/aromatic N) is 2. The Bertz CT molecular complexity index is 802. The molecule has 1 aliphatic rings. The van der Waals surface area contributed by atoms with E-state index in [0.717, 1.165) is 24.5 Å². The first-order chi connectivity index (χ1) is 13.1. The second kappa shape index (κ2) is 9.02. The fourth-order valence-corrected chi connectivity index (χ4v) is 3.10. The van der Waals surface area contributed by atoms with Crippen LogP contribution in [0.3, 0.4) is 0 Å². The molecule has 7 nitrogen and oxygen atoms in total. The van der Waals surface area contributed by atoms with Crippen molar-refractivity contribution in [2.24, 2.45) is 0 Å². The van der Waals surface area contributed by atoms with E-state index in [-0.39, 0.29) is 11.9 Å². The third kappa shape index (κ3) is 5.70. The van der Waals surface area contributed by atoms with Crippen molar-refractivity contribution in [1.82, 2.24) is 10.3 Å². The van der Waals surface area contributed by atoms with Crippen LogP contribution in [0.2, 0.25) is 0 Å². The second-order valence-electron chi connectivity index (χ2n) is 6.64. The number of nitrogens with one attached hydrogen (secondary N) is 3. The van der Waals surface area contributed by atoms with Crippen LogP contribution >= 0.6 is 0 Å². The van der Waals surface area contributed by atoms with Gasteiger partial charge in [0.25, 0.3) is 0 Å². The first-order valence-corrected chi connectivity index (χ1v) is 9.22. The van der Waals surface area contributed by atoms with Crippen LogP contribution in [0, 0.1) is 0 Å². The van der Waals surface area contributed by atoms with Crippen molar-refractivity contribution in [2.45, 2.75) is 32.7 Å². The van der Waals surface area contributed by atoms with E-state index >= 15 is 0 Å². The highest BCUT2D eigenvalue weighted by Gasteiger charge is 2.12. The maximum absolute atomic E-state index is 12.2. The van der Waals surface area contributed by atoms with Crippen LogP contribution in [-0.2, 0) is 11.3 Å². The van der Waals surface area contributed by atoms with Crippen molar-refractivity contribution in [2.75, 3.05) is 28.6 Å². The van der Waals surface area contributed by atoms with Gasteiger partial charge >= 0.3 is 6.03 Å². The zero-order valence-electron chi connectivity index (χ0n) is 15.5. The molecule has 0 saturated carbocycles. The van der Waals surface area contributed by atoms with Crippen LogP contribution < -0.4 is 20.9 Å². The quantitative estimate of drug-likeness (QED) is 0.756. The third-order valence-electron chi connectivity index (χ3n) is 4.38. The van der Waals surface area contributed by atoms with Crippen LogP contribution in [0.5, 0.6) is 0 Å². The van der Waals surface area contributed by atoms with Gasteiger partial charge in [0, 0.05) is 44.1 Å². The van der Waals surface area contributed by atoms with E-state index in [0.29, 0.717) is 17.9 Å². The average Bonchev–Trinajstić information content (AvgIpc) is 2.67. The number of urea groups is 1. The Morgan fingerprint density at radius 1 is 1.04 bits per heavy atom. The van der Waals surface area contributed by atoms with Crippen molar-refractivity contribution in [1.29, 1.82) is 0 Å². The van der Waals surface area contributed by atoms with E-state index in [1.165, 1.54) is 26.2 Å². The number of hydrogen-bond donors (Lipinski definition) is 3.